The van der Waals surface area contributed by atoms with Crippen LogP contribution in [0.4, 0.5) is 23.0 Å². The van der Waals surface area contributed by atoms with Crippen LogP contribution in [-0.2, 0) is 23.4 Å². The van der Waals surface area contributed by atoms with Crippen molar-refractivity contribution < 1.29 is 32.8 Å². The summed E-state index contributed by atoms with van der Waals surface area (Å²) in [7, 11) is -3.31. The number of amides is 1. The third kappa shape index (κ3) is 10.1. The molecule has 0 fully saturated rings. The van der Waals surface area contributed by atoms with Gasteiger partial charge in [-0.15, -0.1) is 10.2 Å². The Morgan fingerprint density at radius 1 is 1.22 bits per heavy atom. The van der Waals surface area contributed by atoms with Crippen LogP contribution in [0.5, 0.6) is 5.75 Å². The quantitative estimate of drug-likeness (QED) is 0.0728. The first-order chi connectivity index (χ1) is 17.5. The van der Waals surface area contributed by atoms with Gasteiger partial charge in [-0.2, -0.15) is 0 Å². The van der Waals surface area contributed by atoms with E-state index in [1.807, 2.05) is 0 Å². The van der Waals surface area contributed by atoms with Crippen molar-refractivity contribution in [1.29, 1.82) is 0 Å². The molecule has 0 aliphatic heterocycles. The predicted octanol–water partition coefficient (Wildman–Crippen LogP) is 3.45. The van der Waals surface area contributed by atoms with Crippen molar-refractivity contribution in [1.82, 2.24) is 4.98 Å². The fourth-order valence-corrected chi connectivity index (χ4v) is 3.66. The summed E-state index contributed by atoms with van der Waals surface area (Å²) >= 11 is 0. The standard InChI is InChI=1S/C22H32N7O7P/c1-14(33-3)34-15(2)35-37(31,32)36-19-10-5-4-9-17(19)28-29-18-11-12-20(26-21(18)25)27-22(30)16(24)8-6-7-13-23/h4-5,9-12,15-16H,1,6-8,13,23-24H2,2-3H3,(H,31,32)(H3,25,26,27,30)/b29-28+/t15?,16-/m0/s1. The topological polar surface area (TPSA) is 219 Å². The first-order valence-electron chi connectivity index (χ1n) is 11.2. The van der Waals surface area contributed by atoms with Crippen LogP contribution in [0.1, 0.15) is 26.2 Å². The zero-order chi connectivity index (χ0) is 27.4. The second-order valence-corrected chi connectivity index (χ2v) is 8.91. The van der Waals surface area contributed by atoms with Gasteiger partial charge in [0.25, 0.3) is 5.95 Å². The van der Waals surface area contributed by atoms with E-state index in [1.54, 1.807) is 12.1 Å². The van der Waals surface area contributed by atoms with E-state index in [0.717, 1.165) is 12.8 Å². The summed E-state index contributed by atoms with van der Waals surface area (Å²) < 4.78 is 32.2. The minimum atomic E-state index is -4.62. The van der Waals surface area contributed by atoms with E-state index >= 15 is 0 Å². The van der Waals surface area contributed by atoms with E-state index < -0.39 is 26.1 Å². The van der Waals surface area contributed by atoms with Crippen LogP contribution < -0.4 is 27.0 Å². The summed E-state index contributed by atoms with van der Waals surface area (Å²) in [4.78, 5) is 26.4. The van der Waals surface area contributed by atoms with Gasteiger partial charge in [0.15, 0.2) is 11.6 Å². The number of carbonyl (C=O) groups is 1. The lowest BCUT2D eigenvalue weighted by Gasteiger charge is -2.19. The summed E-state index contributed by atoms with van der Waals surface area (Å²) in [5.41, 5.74) is 17.6. The number of rotatable bonds is 15. The lowest BCUT2D eigenvalue weighted by atomic mass is 10.1. The highest BCUT2D eigenvalue weighted by Gasteiger charge is 2.28. The number of para-hydroxylation sites is 1. The molecule has 15 heteroatoms. The van der Waals surface area contributed by atoms with Crippen molar-refractivity contribution in [3.05, 3.63) is 48.9 Å². The van der Waals surface area contributed by atoms with Crippen molar-refractivity contribution in [2.75, 3.05) is 24.7 Å². The number of hydrogen-bond acceptors (Lipinski definition) is 12. The maximum Gasteiger partial charge on any atom is 0.530 e. The van der Waals surface area contributed by atoms with Gasteiger partial charge < -0.3 is 36.5 Å². The number of anilines is 2. The van der Waals surface area contributed by atoms with E-state index in [0.29, 0.717) is 13.0 Å². The normalized spacial score (nSPS) is 14.4. The van der Waals surface area contributed by atoms with Crippen molar-refractivity contribution in [3.8, 4) is 5.75 Å². The zero-order valence-corrected chi connectivity index (χ0v) is 21.5. The molecule has 0 saturated heterocycles. The van der Waals surface area contributed by atoms with Gasteiger partial charge in [-0.25, -0.2) is 14.1 Å². The molecule has 1 amide bonds. The highest BCUT2D eigenvalue weighted by Crippen LogP contribution is 2.48. The molecule has 2 aromatic rings. The maximum absolute atomic E-state index is 12.4. The molecule has 2 unspecified atom stereocenters. The molecule has 202 valence electrons. The first-order valence-corrected chi connectivity index (χ1v) is 12.7. The lowest BCUT2D eigenvalue weighted by Crippen LogP contribution is -2.35. The van der Waals surface area contributed by atoms with Crippen molar-refractivity contribution >= 4 is 36.7 Å². The Labute approximate surface area is 214 Å². The summed E-state index contributed by atoms with van der Waals surface area (Å²) in [5.74, 6) is -0.411. The summed E-state index contributed by atoms with van der Waals surface area (Å²) in [6.45, 7) is 5.33. The number of nitrogens with zero attached hydrogens (tertiary/aromatic N) is 3. The number of hydrogen-bond donors (Lipinski definition) is 5. The van der Waals surface area contributed by atoms with Gasteiger partial charge in [0.2, 0.25) is 12.2 Å². The number of benzene rings is 1. The van der Waals surface area contributed by atoms with Crippen LogP contribution in [0.2, 0.25) is 0 Å². The monoisotopic (exact) mass is 537 g/mol. The number of pyridine rings is 1. The van der Waals surface area contributed by atoms with Gasteiger partial charge in [0.1, 0.15) is 17.2 Å². The van der Waals surface area contributed by atoms with Crippen molar-refractivity contribution in [2.45, 2.75) is 38.5 Å². The van der Waals surface area contributed by atoms with Crippen molar-refractivity contribution in [3.63, 3.8) is 0 Å². The van der Waals surface area contributed by atoms with Gasteiger partial charge in [0.05, 0.1) is 13.2 Å². The van der Waals surface area contributed by atoms with Crippen LogP contribution in [0.3, 0.4) is 0 Å². The Hall–Kier alpha value is -3.55. The minimum absolute atomic E-state index is 0.0165. The lowest BCUT2D eigenvalue weighted by molar-refractivity contribution is -0.117. The molecule has 0 radical (unpaired) electrons. The molecule has 0 spiro atoms. The number of nitrogens with two attached hydrogens (primary N) is 3. The molecule has 3 atom stereocenters. The number of carbonyl (C=O) groups excluding carboxylic acids is 1. The molecule has 14 nitrogen and oxygen atoms in total. The number of phosphoric ester groups is 1. The van der Waals surface area contributed by atoms with Crippen molar-refractivity contribution in [2.24, 2.45) is 21.7 Å². The molecule has 0 aliphatic rings. The van der Waals surface area contributed by atoms with Gasteiger partial charge in [-0.05, 0) is 57.2 Å². The molecule has 0 aliphatic carbocycles. The Morgan fingerprint density at radius 2 is 1.92 bits per heavy atom. The number of nitrogens with one attached hydrogen (secondary N) is 1. The molecule has 0 bridgehead atoms. The molecule has 1 aromatic heterocycles. The highest BCUT2D eigenvalue weighted by molar-refractivity contribution is 7.47. The third-order valence-electron chi connectivity index (χ3n) is 4.61. The maximum atomic E-state index is 12.4. The molecule has 0 saturated carbocycles. The van der Waals surface area contributed by atoms with Crippen LogP contribution in [0.15, 0.2) is 59.2 Å². The summed E-state index contributed by atoms with van der Waals surface area (Å²) in [5, 5.41) is 10.7. The fraction of sp³-hybridized carbons (Fsp3) is 0.364. The first kappa shape index (κ1) is 29.7. The molecule has 1 heterocycles. The van der Waals surface area contributed by atoms with E-state index in [1.165, 1.54) is 38.3 Å². The van der Waals surface area contributed by atoms with Gasteiger partial charge in [-0.3, -0.25) is 9.69 Å². The second-order valence-electron chi connectivity index (χ2n) is 7.58. The highest BCUT2D eigenvalue weighted by atomic mass is 31.2. The van der Waals surface area contributed by atoms with E-state index in [4.69, 9.17) is 35.7 Å². The smallest absolute Gasteiger partial charge is 0.469 e. The zero-order valence-electron chi connectivity index (χ0n) is 20.6. The fourth-order valence-electron chi connectivity index (χ4n) is 2.79. The largest absolute Gasteiger partial charge is 0.530 e. The van der Waals surface area contributed by atoms with Crippen LogP contribution in [-0.4, -0.2) is 41.8 Å². The average molecular weight is 538 g/mol. The molecule has 1 aromatic carbocycles. The Kier molecular flexibility index (Phi) is 11.4. The number of phosphoric acid groups is 1. The van der Waals surface area contributed by atoms with Crippen LogP contribution >= 0.6 is 7.82 Å². The molecule has 37 heavy (non-hydrogen) atoms. The summed E-state index contributed by atoms with van der Waals surface area (Å²) in [6.07, 6.45) is 0.815. The van der Waals surface area contributed by atoms with Gasteiger partial charge in [-0.1, -0.05) is 18.6 Å². The summed E-state index contributed by atoms with van der Waals surface area (Å²) in [6, 6.07) is 8.36. The average Bonchev–Trinajstić information content (AvgIpc) is 2.83. The Morgan fingerprint density at radius 3 is 2.59 bits per heavy atom. The second kappa shape index (κ2) is 14.3. The third-order valence-corrected chi connectivity index (χ3v) is 5.60. The number of unbranched alkanes of at least 4 members (excludes halogenated alkanes) is 1. The number of nitrogen functional groups attached to an aromatic ring is 1. The van der Waals surface area contributed by atoms with Gasteiger partial charge in [0, 0.05) is 0 Å². The molecular weight excluding hydrogens is 505 g/mol. The number of ether oxygens (including phenoxy) is 2. The number of azo groups is 1. The van der Waals surface area contributed by atoms with E-state index in [2.05, 4.69) is 27.1 Å². The SMILES string of the molecule is C=C(OC)OC(C)OP(=O)(O)Oc1ccccc1/N=N/c1ccc(NC(=O)[C@@H](N)CCCCN)nc1N. The van der Waals surface area contributed by atoms with Crippen LogP contribution in [0, 0.1) is 0 Å². The molecule has 2 rings (SSSR count). The predicted molar refractivity (Wildman–Crippen MR) is 137 cm³/mol. The van der Waals surface area contributed by atoms with Gasteiger partial charge >= 0.3 is 7.82 Å². The minimum Gasteiger partial charge on any atom is -0.469 e. The number of aromatic nitrogens is 1. The Balaban J connectivity index is 2.08. The van der Waals surface area contributed by atoms with E-state index in [-0.39, 0.29) is 34.7 Å². The van der Waals surface area contributed by atoms with E-state index in [9.17, 15) is 14.3 Å². The molecular formula is C22H32N7O7P. The Bertz CT molecular complexity index is 1150. The van der Waals surface area contributed by atoms with Crippen LogP contribution in [0.25, 0.3) is 0 Å². The molecule has 8 N–H and O–H groups in total. The number of methoxy groups -OCH3 is 1.